The predicted molar refractivity (Wildman–Crippen MR) is 226 cm³/mol. The van der Waals surface area contributed by atoms with Crippen LogP contribution in [-0.2, 0) is 33.2 Å². The molecule has 0 radical (unpaired) electrons. The molecule has 4 unspecified atom stereocenters. The van der Waals surface area contributed by atoms with E-state index >= 15 is 0 Å². The van der Waals surface area contributed by atoms with Crippen molar-refractivity contribution < 1.29 is 89.4 Å². The van der Waals surface area contributed by atoms with Gasteiger partial charge in [0.05, 0.1) is 42.7 Å². The lowest BCUT2D eigenvalue weighted by molar-refractivity contribution is -0.388. The molecule has 0 spiro atoms. The molecule has 11 N–H and O–H groups in total. The van der Waals surface area contributed by atoms with Crippen molar-refractivity contribution in [1.29, 1.82) is 0 Å². The molecule has 65 heavy (non-hydrogen) atoms. The zero-order valence-electron chi connectivity index (χ0n) is 39.2. The molecule has 5 saturated carbocycles. The largest absolute Gasteiger partial charge is 0.394 e. The minimum absolute atomic E-state index is 0.0101. The van der Waals surface area contributed by atoms with Gasteiger partial charge < -0.3 is 84.6 Å². The van der Waals surface area contributed by atoms with E-state index in [1.165, 1.54) is 6.92 Å². The van der Waals surface area contributed by atoms with E-state index in [4.69, 9.17) is 28.4 Å². The van der Waals surface area contributed by atoms with Crippen LogP contribution < -0.4 is 0 Å². The monoisotopic (exact) mass is 931 g/mol. The van der Waals surface area contributed by atoms with Crippen LogP contribution in [0.2, 0.25) is 0 Å². The Morgan fingerprint density at radius 3 is 1.94 bits per heavy atom. The highest BCUT2D eigenvalue weighted by Crippen LogP contribution is 2.76. The molecule has 0 bridgehead atoms. The third-order valence-corrected chi connectivity index (χ3v) is 19.3. The summed E-state index contributed by atoms with van der Waals surface area (Å²) < 4.78 is 36.9. The number of carbonyl (C=O) groups excluding carboxylic acids is 1. The second-order valence-electron chi connectivity index (χ2n) is 23.3. The minimum atomic E-state index is -1.83. The third kappa shape index (κ3) is 7.83. The van der Waals surface area contributed by atoms with Crippen molar-refractivity contribution in [3.05, 3.63) is 0 Å². The molecule has 18 heteroatoms. The van der Waals surface area contributed by atoms with Crippen LogP contribution in [0.15, 0.2) is 0 Å². The van der Waals surface area contributed by atoms with E-state index in [9.17, 15) is 61.0 Å². The summed E-state index contributed by atoms with van der Waals surface area (Å²) in [5.41, 5.74) is -4.20. The number of fused-ring (bicyclic) bond motifs is 5. The Hall–Kier alpha value is -1.01. The Balaban J connectivity index is 1.04. The lowest BCUT2D eigenvalue weighted by Gasteiger charge is -2.69. The molecule has 0 aromatic carbocycles. The number of rotatable bonds is 9. The molecule has 3 heterocycles. The van der Waals surface area contributed by atoms with E-state index in [1.54, 1.807) is 13.8 Å². The van der Waals surface area contributed by atoms with E-state index in [0.717, 1.165) is 19.3 Å². The summed E-state index contributed by atoms with van der Waals surface area (Å²) in [6, 6.07) is 0. The Labute approximate surface area is 381 Å². The first kappa shape index (κ1) is 50.4. The third-order valence-electron chi connectivity index (χ3n) is 19.3. The Bertz CT molecular complexity index is 1730. The first-order chi connectivity index (χ1) is 30.2. The number of ether oxygens (including phenoxy) is 6. The Morgan fingerprint density at radius 1 is 0.692 bits per heavy atom. The summed E-state index contributed by atoms with van der Waals surface area (Å²) in [5, 5.41) is 120. The Morgan fingerprint density at radius 2 is 1.31 bits per heavy atom. The first-order valence-corrected chi connectivity index (χ1v) is 24.1. The fraction of sp³-hybridized carbons (Fsp3) is 0.979. The summed E-state index contributed by atoms with van der Waals surface area (Å²) in [4.78, 5) is 14.8. The topological polar surface area (TPSA) is 295 Å². The SMILES string of the molecule is C[C@@H]1O[C@H](O[C@H]2[C@H](O[C@H]3CC[C@@]4(C)C(CC[C@]5(C)C4CC(=O)C4C([C@@]6(O)CC[C@@H](C(C)(C)O)[C@@H]6O)CC[C@]45C)C3(C)C)OC[C@H](O)[C@@H]2O[C@@H]2O[C@H](CO)[C@@H](O)[C@H](O)[C@H]2O)[C@H](O)[C@H](O)[C@H]1O. The van der Waals surface area contributed by atoms with Gasteiger partial charge in [-0.2, -0.15) is 0 Å². The molecule has 18 nitrogen and oxygen atoms in total. The van der Waals surface area contributed by atoms with Gasteiger partial charge in [0.15, 0.2) is 18.9 Å². The second kappa shape index (κ2) is 17.4. The number of carbonyl (C=O) groups is 1. The standard InChI is InChI=1S/C47H78O18/c1-20-30(51)32(53)34(55)39(61-20)65-37-36(64-40-35(56)33(54)31(52)25(18-48)62-40)24(50)19-60-41(37)63-28-12-13-44(6)26(42(28,2)3)11-15-45(7)27(44)17-23(49)29-21(9-14-46(29,45)8)47(59)16-10-22(38(47)57)43(4,5)58/h20-22,24-41,48,50-59H,9-19H2,1-8H3/t20-,21?,22+,24-,25+,26?,27?,28-,29?,30-,31+,32+,33-,34+,35+,36-,37+,38-,39+,40-,41-,44-,45+,46+,47-/m0/s1. The molecule has 0 aromatic heterocycles. The zero-order valence-corrected chi connectivity index (χ0v) is 39.2. The van der Waals surface area contributed by atoms with Crippen LogP contribution in [0.25, 0.3) is 0 Å². The van der Waals surface area contributed by atoms with Gasteiger partial charge in [0.2, 0.25) is 0 Å². The molecule has 374 valence electrons. The van der Waals surface area contributed by atoms with Gasteiger partial charge in [-0.25, -0.2) is 0 Å². The molecule has 3 aliphatic heterocycles. The summed E-state index contributed by atoms with van der Waals surface area (Å²) in [6.07, 6.45) is -17.7. The van der Waals surface area contributed by atoms with Crippen molar-refractivity contribution in [1.82, 2.24) is 0 Å². The minimum Gasteiger partial charge on any atom is -0.394 e. The van der Waals surface area contributed by atoms with Crippen LogP contribution in [0.4, 0.5) is 0 Å². The first-order valence-electron chi connectivity index (χ1n) is 24.1. The fourth-order valence-corrected chi connectivity index (χ4v) is 15.4. The van der Waals surface area contributed by atoms with Crippen LogP contribution in [0.3, 0.4) is 0 Å². The van der Waals surface area contributed by atoms with Crippen LogP contribution in [0.1, 0.15) is 113 Å². The van der Waals surface area contributed by atoms with E-state index < -0.39 is 145 Å². The molecule has 3 saturated heterocycles. The second-order valence-corrected chi connectivity index (χ2v) is 23.3. The molecule has 0 amide bonds. The van der Waals surface area contributed by atoms with Gasteiger partial charge in [-0.3, -0.25) is 4.79 Å². The van der Waals surface area contributed by atoms with E-state index in [-0.39, 0.29) is 35.1 Å². The number of hydrogen-bond acceptors (Lipinski definition) is 18. The van der Waals surface area contributed by atoms with Gasteiger partial charge in [-0.15, -0.1) is 0 Å². The maximum absolute atomic E-state index is 14.8. The molecular weight excluding hydrogens is 852 g/mol. The highest BCUT2D eigenvalue weighted by molar-refractivity contribution is 5.84. The molecule has 0 aromatic rings. The highest BCUT2D eigenvalue weighted by atomic mass is 16.8. The quantitative estimate of drug-likeness (QED) is 0.131. The number of Topliss-reactive ketones (excluding diaryl/α,β-unsaturated/α-hetero) is 1. The summed E-state index contributed by atoms with van der Waals surface area (Å²) in [7, 11) is 0. The van der Waals surface area contributed by atoms with Crippen molar-refractivity contribution in [3.63, 3.8) is 0 Å². The molecule has 8 rings (SSSR count). The Kier molecular flexibility index (Phi) is 13.5. The van der Waals surface area contributed by atoms with Crippen LogP contribution in [0, 0.1) is 51.2 Å². The average molecular weight is 931 g/mol. The van der Waals surface area contributed by atoms with Gasteiger partial charge >= 0.3 is 0 Å². The number of aliphatic hydroxyl groups is 11. The van der Waals surface area contributed by atoms with E-state index in [1.807, 2.05) is 0 Å². The van der Waals surface area contributed by atoms with Crippen molar-refractivity contribution in [2.75, 3.05) is 13.2 Å². The summed E-state index contributed by atoms with van der Waals surface area (Å²) >= 11 is 0. The number of ketones is 1. The average Bonchev–Trinajstić information content (AvgIpc) is 3.77. The smallest absolute Gasteiger partial charge is 0.187 e. The molecule has 8 fully saturated rings. The van der Waals surface area contributed by atoms with E-state index in [2.05, 4.69) is 34.6 Å². The highest BCUT2D eigenvalue weighted by Gasteiger charge is 2.73. The maximum atomic E-state index is 14.8. The van der Waals surface area contributed by atoms with Gasteiger partial charge in [0.1, 0.15) is 66.8 Å². The van der Waals surface area contributed by atoms with E-state index in [0.29, 0.717) is 38.5 Å². The molecule has 8 aliphatic rings. The lowest BCUT2D eigenvalue weighted by atomic mass is 9.35. The zero-order chi connectivity index (χ0) is 47.7. The fourth-order valence-electron chi connectivity index (χ4n) is 15.4. The molecular formula is C47H78O18. The predicted octanol–water partition coefficient (Wildman–Crippen LogP) is -0.376. The number of hydrogen-bond donors (Lipinski definition) is 11. The van der Waals surface area contributed by atoms with Gasteiger partial charge in [-0.1, -0.05) is 34.6 Å². The van der Waals surface area contributed by atoms with Crippen LogP contribution in [-0.4, -0.2) is 185 Å². The molecule has 25 atom stereocenters. The number of aliphatic hydroxyl groups excluding tert-OH is 9. The van der Waals surface area contributed by atoms with Gasteiger partial charge in [0, 0.05) is 24.2 Å². The van der Waals surface area contributed by atoms with Crippen LogP contribution >= 0.6 is 0 Å². The lowest BCUT2D eigenvalue weighted by Crippen LogP contribution is -2.67. The molecule has 5 aliphatic carbocycles. The van der Waals surface area contributed by atoms with Crippen molar-refractivity contribution >= 4 is 5.78 Å². The summed E-state index contributed by atoms with van der Waals surface area (Å²) in [6.45, 7) is 14.9. The maximum Gasteiger partial charge on any atom is 0.187 e. The van der Waals surface area contributed by atoms with Crippen molar-refractivity contribution in [2.45, 2.75) is 223 Å². The van der Waals surface area contributed by atoms with Gasteiger partial charge in [-0.05, 0) is 106 Å². The normalized spacial score (nSPS) is 55.9. The van der Waals surface area contributed by atoms with Crippen molar-refractivity contribution in [2.24, 2.45) is 51.2 Å². The van der Waals surface area contributed by atoms with Crippen LogP contribution in [0.5, 0.6) is 0 Å². The van der Waals surface area contributed by atoms with Gasteiger partial charge in [0.25, 0.3) is 0 Å². The summed E-state index contributed by atoms with van der Waals surface area (Å²) in [5.74, 6) is -1.15. The van der Waals surface area contributed by atoms with Crippen molar-refractivity contribution in [3.8, 4) is 0 Å².